The molecule has 5 rings (SSSR count). The first-order valence-corrected chi connectivity index (χ1v) is 12.9. The van der Waals surface area contributed by atoms with E-state index in [2.05, 4.69) is 22.4 Å². The van der Waals surface area contributed by atoms with E-state index in [9.17, 15) is 14.7 Å². The zero-order valence-corrected chi connectivity index (χ0v) is 21.4. The molecule has 0 atom stereocenters. The minimum Gasteiger partial charge on any atom is -0.497 e. The Bertz CT molecular complexity index is 1240. The number of ether oxygens (including phenoxy) is 3. The molecule has 0 unspecified atom stereocenters. The molecule has 1 aromatic heterocycles. The van der Waals surface area contributed by atoms with E-state index in [1.54, 1.807) is 7.11 Å². The summed E-state index contributed by atoms with van der Waals surface area (Å²) in [5, 5.41) is 17.5. The molecular formula is C28H32N4O6. The van der Waals surface area contributed by atoms with Gasteiger partial charge in [0.2, 0.25) is 11.6 Å². The standard InChI is InChI=1S/C28H32N4O6/c1-36-23-10-2-19(3-11-23)18-32-27(25(28(34)35)29-30-32)38-24-12-8-21(9-13-24)20-4-6-22(7-5-20)26(33)31-14-16-37-17-15-31/h2-7,10-11,21,24H,8-9,12-18H2,1H3,(H,34,35)/t21-,24-. The SMILES string of the molecule is COc1ccc(Cn2nnc(C(=O)O)c2O[C@H]2CC[C@H](c3ccc(C(=O)N4CCOCC4)cc3)CC2)cc1. The molecule has 2 aliphatic rings. The number of nitrogens with zero attached hydrogens (tertiary/aromatic N) is 4. The van der Waals surface area contributed by atoms with Gasteiger partial charge in [-0.3, -0.25) is 4.79 Å². The van der Waals surface area contributed by atoms with Gasteiger partial charge in [-0.25, -0.2) is 9.48 Å². The predicted molar refractivity (Wildman–Crippen MR) is 138 cm³/mol. The Labute approximate surface area is 221 Å². The molecule has 10 heteroatoms. The molecule has 2 aromatic carbocycles. The molecule has 0 radical (unpaired) electrons. The molecule has 10 nitrogen and oxygen atoms in total. The fraction of sp³-hybridized carbons (Fsp3) is 0.429. The lowest BCUT2D eigenvalue weighted by atomic mass is 9.82. The summed E-state index contributed by atoms with van der Waals surface area (Å²) in [6, 6.07) is 15.4. The lowest BCUT2D eigenvalue weighted by molar-refractivity contribution is 0.0303. The van der Waals surface area contributed by atoms with Gasteiger partial charge in [-0.15, -0.1) is 5.10 Å². The average molecular weight is 521 g/mol. The van der Waals surface area contributed by atoms with Gasteiger partial charge >= 0.3 is 5.97 Å². The third kappa shape index (κ3) is 5.80. The monoisotopic (exact) mass is 520 g/mol. The lowest BCUT2D eigenvalue weighted by Gasteiger charge is -2.29. The Morgan fingerprint density at radius 2 is 1.68 bits per heavy atom. The van der Waals surface area contributed by atoms with E-state index in [0.717, 1.165) is 37.0 Å². The number of aromatic nitrogens is 3. The number of carbonyl (C=O) groups excluding carboxylic acids is 1. The largest absolute Gasteiger partial charge is 0.497 e. The molecule has 2 fully saturated rings. The predicted octanol–water partition coefficient (Wildman–Crippen LogP) is 3.61. The number of hydrogen-bond donors (Lipinski definition) is 1. The summed E-state index contributed by atoms with van der Waals surface area (Å²) in [5.41, 5.74) is 2.66. The summed E-state index contributed by atoms with van der Waals surface area (Å²) in [7, 11) is 1.61. The smallest absolute Gasteiger partial charge is 0.362 e. The van der Waals surface area contributed by atoms with Crippen molar-refractivity contribution in [3.8, 4) is 11.6 Å². The van der Waals surface area contributed by atoms with Crippen LogP contribution in [0.15, 0.2) is 48.5 Å². The van der Waals surface area contributed by atoms with E-state index in [1.165, 1.54) is 10.2 Å². The summed E-state index contributed by atoms with van der Waals surface area (Å²) in [6.45, 7) is 2.76. The first-order valence-electron chi connectivity index (χ1n) is 12.9. The van der Waals surface area contributed by atoms with E-state index < -0.39 is 5.97 Å². The van der Waals surface area contributed by atoms with E-state index in [1.807, 2.05) is 41.3 Å². The molecule has 200 valence electrons. The molecule has 1 saturated heterocycles. The van der Waals surface area contributed by atoms with Gasteiger partial charge in [-0.1, -0.05) is 29.5 Å². The molecule has 1 amide bonds. The molecule has 0 spiro atoms. The molecule has 1 saturated carbocycles. The van der Waals surface area contributed by atoms with Crippen LogP contribution in [0.2, 0.25) is 0 Å². The third-order valence-corrected chi connectivity index (χ3v) is 7.26. The number of carboxylic acids is 1. The maximum atomic E-state index is 12.7. The van der Waals surface area contributed by atoms with E-state index in [-0.39, 0.29) is 23.6 Å². The van der Waals surface area contributed by atoms with Crippen molar-refractivity contribution < 1.29 is 28.9 Å². The summed E-state index contributed by atoms with van der Waals surface area (Å²) >= 11 is 0. The number of aromatic carboxylic acids is 1. The fourth-order valence-electron chi connectivity index (χ4n) is 5.08. The van der Waals surface area contributed by atoms with Gasteiger partial charge in [0.05, 0.1) is 26.9 Å². The van der Waals surface area contributed by atoms with Crippen LogP contribution in [-0.2, 0) is 11.3 Å². The first kappa shape index (κ1) is 25.7. The lowest BCUT2D eigenvalue weighted by Crippen LogP contribution is -2.40. The number of benzene rings is 2. The zero-order chi connectivity index (χ0) is 26.5. The second-order valence-electron chi connectivity index (χ2n) is 9.67. The highest BCUT2D eigenvalue weighted by atomic mass is 16.5. The Hall–Kier alpha value is -3.92. The highest BCUT2D eigenvalue weighted by Crippen LogP contribution is 2.35. The Kier molecular flexibility index (Phi) is 7.88. The van der Waals surface area contributed by atoms with Crippen LogP contribution in [-0.4, -0.2) is 76.4 Å². The van der Waals surface area contributed by atoms with Crippen LogP contribution >= 0.6 is 0 Å². The quantitative estimate of drug-likeness (QED) is 0.479. The van der Waals surface area contributed by atoms with Crippen LogP contribution in [0.25, 0.3) is 0 Å². The summed E-state index contributed by atoms with van der Waals surface area (Å²) in [4.78, 5) is 26.3. The van der Waals surface area contributed by atoms with Crippen LogP contribution in [0.4, 0.5) is 0 Å². The molecule has 1 aliphatic heterocycles. The maximum absolute atomic E-state index is 12.7. The van der Waals surface area contributed by atoms with Crippen LogP contribution in [0, 0.1) is 0 Å². The molecule has 38 heavy (non-hydrogen) atoms. The maximum Gasteiger partial charge on any atom is 0.362 e. The van der Waals surface area contributed by atoms with E-state index in [4.69, 9.17) is 14.2 Å². The fourth-order valence-corrected chi connectivity index (χ4v) is 5.08. The molecule has 1 aliphatic carbocycles. The van der Waals surface area contributed by atoms with Crippen LogP contribution in [0.5, 0.6) is 11.6 Å². The number of carbonyl (C=O) groups is 2. The van der Waals surface area contributed by atoms with Gasteiger partial charge < -0.3 is 24.2 Å². The van der Waals surface area contributed by atoms with Crippen LogP contribution in [0.1, 0.15) is 63.6 Å². The van der Waals surface area contributed by atoms with Gasteiger partial charge in [0.25, 0.3) is 5.91 Å². The Morgan fingerprint density at radius 1 is 1.00 bits per heavy atom. The number of morpholine rings is 1. The van der Waals surface area contributed by atoms with Crippen molar-refractivity contribution in [3.05, 3.63) is 70.9 Å². The first-order chi connectivity index (χ1) is 18.5. The third-order valence-electron chi connectivity index (χ3n) is 7.26. The number of amides is 1. The van der Waals surface area contributed by atoms with Gasteiger partial charge in [-0.2, -0.15) is 0 Å². The van der Waals surface area contributed by atoms with E-state index in [0.29, 0.717) is 44.3 Å². The van der Waals surface area contributed by atoms with Gasteiger partial charge in [0.15, 0.2) is 0 Å². The van der Waals surface area contributed by atoms with Crippen LogP contribution in [0.3, 0.4) is 0 Å². The van der Waals surface area contributed by atoms with Crippen molar-refractivity contribution in [2.24, 2.45) is 0 Å². The summed E-state index contributed by atoms with van der Waals surface area (Å²) in [6.07, 6.45) is 3.26. The molecule has 2 heterocycles. The topological polar surface area (TPSA) is 116 Å². The second-order valence-corrected chi connectivity index (χ2v) is 9.67. The summed E-state index contributed by atoms with van der Waals surface area (Å²) < 4.78 is 18.3. The Morgan fingerprint density at radius 3 is 2.32 bits per heavy atom. The van der Waals surface area contributed by atoms with Crippen molar-refractivity contribution in [2.45, 2.75) is 44.2 Å². The van der Waals surface area contributed by atoms with Gasteiger partial charge in [0, 0.05) is 18.7 Å². The number of hydrogen-bond acceptors (Lipinski definition) is 7. The van der Waals surface area contributed by atoms with E-state index >= 15 is 0 Å². The van der Waals surface area contributed by atoms with Crippen LogP contribution < -0.4 is 9.47 Å². The molecule has 0 bridgehead atoms. The molecular weight excluding hydrogens is 488 g/mol. The molecule has 1 N–H and O–H groups in total. The average Bonchev–Trinajstić information content (AvgIpc) is 3.36. The van der Waals surface area contributed by atoms with Crippen molar-refractivity contribution in [3.63, 3.8) is 0 Å². The number of carboxylic acid groups (broad SMARTS) is 1. The number of methoxy groups -OCH3 is 1. The highest BCUT2D eigenvalue weighted by molar-refractivity contribution is 5.94. The highest BCUT2D eigenvalue weighted by Gasteiger charge is 2.28. The van der Waals surface area contributed by atoms with Gasteiger partial charge in [0.1, 0.15) is 11.9 Å². The van der Waals surface area contributed by atoms with Crippen molar-refractivity contribution in [2.75, 3.05) is 33.4 Å². The van der Waals surface area contributed by atoms with Crippen molar-refractivity contribution in [1.29, 1.82) is 0 Å². The minimum atomic E-state index is -1.17. The minimum absolute atomic E-state index is 0.0473. The van der Waals surface area contributed by atoms with Crippen molar-refractivity contribution >= 4 is 11.9 Å². The van der Waals surface area contributed by atoms with Crippen molar-refractivity contribution in [1.82, 2.24) is 19.9 Å². The normalized spacial score (nSPS) is 19.7. The summed E-state index contributed by atoms with van der Waals surface area (Å²) in [5.74, 6) is 0.170. The molecule has 3 aromatic rings. The Balaban J connectivity index is 1.20. The van der Waals surface area contributed by atoms with Gasteiger partial charge in [-0.05, 0) is 67.0 Å². The number of rotatable bonds is 8. The zero-order valence-electron chi connectivity index (χ0n) is 21.4. The second kappa shape index (κ2) is 11.6.